The number of carboxylic acid groups (broad SMARTS) is 1. The van der Waals surface area contributed by atoms with Gasteiger partial charge in [-0.1, -0.05) is 30.3 Å². The number of hydrogen-bond acceptors (Lipinski definition) is 4. The van der Waals surface area contributed by atoms with Crippen LogP contribution in [0, 0.1) is 5.41 Å². The lowest BCUT2D eigenvalue weighted by Gasteiger charge is -2.48. The molecule has 2 heterocycles. The summed E-state index contributed by atoms with van der Waals surface area (Å²) in [5, 5.41) is 13.1. The topological polar surface area (TPSA) is 86.7 Å². The zero-order valence-electron chi connectivity index (χ0n) is 16.4. The van der Waals surface area contributed by atoms with Crippen molar-refractivity contribution in [2.24, 2.45) is 5.41 Å². The minimum Gasteiger partial charge on any atom is -0.481 e. The average Bonchev–Trinajstić information content (AvgIpc) is 3.08. The molecule has 0 radical (unpaired) electrons. The van der Waals surface area contributed by atoms with Crippen LogP contribution in [-0.2, 0) is 14.4 Å². The van der Waals surface area contributed by atoms with Crippen molar-refractivity contribution < 1.29 is 19.5 Å². The number of Topliss-reactive ketones (excluding diaryl/α,β-unsaturated/α-hetero) is 1. The maximum Gasteiger partial charge on any atom is 0.311 e. The summed E-state index contributed by atoms with van der Waals surface area (Å²) in [6.07, 6.45) is 3.21. The maximum atomic E-state index is 13.0. The van der Waals surface area contributed by atoms with Gasteiger partial charge in [-0.3, -0.25) is 14.4 Å². The van der Waals surface area contributed by atoms with Crippen molar-refractivity contribution in [3.05, 3.63) is 41.5 Å². The van der Waals surface area contributed by atoms with Gasteiger partial charge in [0.1, 0.15) is 0 Å². The van der Waals surface area contributed by atoms with Gasteiger partial charge in [0.25, 0.3) is 0 Å². The van der Waals surface area contributed by atoms with Gasteiger partial charge in [-0.2, -0.15) is 0 Å². The van der Waals surface area contributed by atoms with Gasteiger partial charge < -0.3 is 15.3 Å². The van der Waals surface area contributed by atoms with Crippen molar-refractivity contribution in [2.45, 2.75) is 44.6 Å². The molecule has 0 bridgehead atoms. The number of aliphatic carboxylic acids is 1. The number of fused-ring (bicyclic) bond motifs is 1. The number of nitrogens with one attached hydrogen (secondary N) is 1. The molecule has 3 aliphatic rings. The van der Waals surface area contributed by atoms with E-state index in [1.165, 1.54) is 0 Å². The molecule has 0 aromatic heterocycles. The van der Waals surface area contributed by atoms with E-state index >= 15 is 0 Å². The average molecular weight is 419 g/mol. The summed E-state index contributed by atoms with van der Waals surface area (Å²) >= 11 is 0. The fourth-order valence-electron chi connectivity index (χ4n) is 4.96. The van der Waals surface area contributed by atoms with Crippen LogP contribution in [0.25, 0.3) is 5.57 Å². The van der Waals surface area contributed by atoms with Crippen LogP contribution in [0.15, 0.2) is 35.9 Å². The first-order valence-corrected chi connectivity index (χ1v) is 10.1. The lowest BCUT2D eigenvalue weighted by atomic mass is 9.69. The number of allylic oxidation sites excluding steroid dienone is 1. The summed E-state index contributed by atoms with van der Waals surface area (Å²) in [5.74, 6) is -0.790. The number of rotatable bonds is 4. The lowest BCUT2D eigenvalue weighted by Crippen LogP contribution is -2.63. The fraction of sp³-hybridized carbons (Fsp3) is 0.500. The Balaban J connectivity index is 0.00000240. The molecule has 2 aliphatic heterocycles. The van der Waals surface area contributed by atoms with Gasteiger partial charge in [0.15, 0.2) is 5.78 Å². The van der Waals surface area contributed by atoms with Crippen molar-refractivity contribution in [3.63, 3.8) is 0 Å². The second kappa shape index (κ2) is 8.67. The van der Waals surface area contributed by atoms with Gasteiger partial charge in [-0.05, 0) is 43.4 Å². The molecular weight excluding hydrogens is 392 g/mol. The second-order valence-corrected chi connectivity index (χ2v) is 8.08. The van der Waals surface area contributed by atoms with Crippen LogP contribution in [0.2, 0.25) is 0 Å². The minimum atomic E-state index is -0.771. The number of ketones is 1. The summed E-state index contributed by atoms with van der Waals surface area (Å²) in [5.41, 5.74) is 1.84. The van der Waals surface area contributed by atoms with E-state index in [0.717, 1.165) is 24.1 Å². The molecule has 2 saturated heterocycles. The molecule has 0 unspecified atom stereocenters. The van der Waals surface area contributed by atoms with E-state index in [1.54, 1.807) is 4.90 Å². The number of piperidine rings is 2. The zero-order valence-corrected chi connectivity index (χ0v) is 17.2. The lowest BCUT2D eigenvalue weighted by molar-refractivity contribution is -0.159. The molecule has 156 valence electrons. The molecule has 1 aliphatic carbocycles. The molecule has 29 heavy (non-hydrogen) atoms. The van der Waals surface area contributed by atoms with Crippen LogP contribution in [0.1, 0.15) is 44.1 Å². The van der Waals surface area contributed by atoms with E-state index in [2.05, 4.69) is 5.32 Å². The third kappa shape index (κ3) is 3.96. The molecule has 2 N–H and O–H groups in total. The molecule has 1 amide bonds. The highest BCUT2D eigenvalue weighted by molar-refractivity contribution is 6.10. The molecule has 4 rings (SSSR count). The van der Waals surface area contributed by atoms with Crippen LogP contribution >= 0.6 is 12.4 Å². The molecule has 7 heteroatoms. The van der Waals surface area contributed by atoms with Gasteiger partial charge in [-0.15, -0.1) is 12.4 Å². The van der Waals surface area contributed by atoms with Crippen molar-refractivity contribution in [1.82, 2.24) is 10.2 Å². The summed E-state index contributed by atoms with van der Waals surface area (Å²) in [4.78, 5) is 39.1. The number of hydrogen-bond donors (Lipinski definition) is 2. The highest BCUT2D eigenvalue weighted by atomic mass is 35.5. The van der Waals surface area contributed by atoms with Crippen molar-refractivity contribution >= 4 is 35.6 Å². The molecule has 2 fully saturated rings. The zero-order chi connectivity index (χ0) is 19.7. The SMILES string of the molecule is Cl.O=C1CCC(c2ccccc2)=C1CC(=O)N1CC[C@@]2(C(=O)O)CCCN[C@@H]2C1. The predicted octanol–water partition coefficient (Wildman–Crippen LogP) is 2.67. The van der Waals surface area contributed by atoms with Gasteiger partial charge in [0.05, 0.1) is 11.8 Å². The Hall–Kier alpha value is -2.18. The van der Waals surface area contributed by atoms with Gasteiger partial charge in [0, 0.05) is 31.1 Å². The Kier molecular flexibility index (Phi) is 6.44. The number of halogens is 1. The van der Waals surface area contributed by atoms with Crippen LogP contribution < -0.4 is 5.32 Å². The number of nitrogens with zero attached hydrogens (tertiary/aromatic N) is 1. The number of carboxylic acids is 1. The monoisotopic (exact) mass is 418 g/mol. The van der Waals surface area contributed by atoms with E-state index in [4.69, 9.17) is 0 Å². The second-order valence-electron chi connectivity index (χ2n) is 8.08. The van der Waals surface area contributed by atoms with E-state index in [9.17, 15) is 19.5 Å². The number of amides is 1. The van der Waals surface area contributed by atoms with Crippen LogP contribution in [0.4, 0.5) is 0 Å². The molecule has 0 spiro atoms. The third-order valence-electron chi connectivity index (χ3n) is 6.62. The molecule has 6 nitrogen and oxygen atoms in total. The third-order valence-corrected chi connectivity index (χ3v) is 6.62. The Bertz CT molecular complexity index is 838. The van der Waals surface area contributed by atoms with Gasteiger partial charge >= 0.3 is 5.97 Å². The molecule has 1 aromatic carbocycles. The quantitative estimate of drug-likeness (QED) is 0.785. The van der Waals surface area contributed by atoms with Crippen LogP contribution in [0.5, 0.6) is 0 Å². The minimum absolute atomic E-state index is 0. The van der Waals surface area contributed by atoms with E-state index < -0.39 is 11.4 Å². The first-order valence-electron chi connectivity index (χ1n) is 10.1. The fourth-order valence-corrected chi connectivity index (χ4v) is 4.96. The van der Waals surface area contributed by atoms with Gasteiger partial charge in [0.2, 0.25) is 5.91 Å². The Labute approximate surface area is 176 Å². The number of benzene rings is 1. The Morgan fingerprint density at radius 1 is 1.17 bits per heavy atom. The summed E-state index contributed by atoms with van der Waals surface area (Å²) in [6.45, 7) is 1.61. The van der Waals surface area contributed by atoms with Crippen molar-refractivity contribution in [3.8, 4) is 0 Å². The standard InChI is InChI=1S/C22H26N2O4.ClH/c25-18-8-7-16(15-5-2-1-3-6-15)17(18)13-20(26)24-12-10-22(21(27)28)9-4-11-23-19(22)14-24;/h1-3,5-6,19,23H,4,7-14H2,(H,27,28);1H/t19-,22+;/m1./s1. The Morgan fingerprint density at radius 2 is 1.93 bits per heavy atom. The largest absolute Gasteiger partial charge is 0.481 e. The summed E-state index contributed by atoms with van der Waals surface area (Å²) in [6, 6.07) is 9.55. The van der Waals surface area contributed by atoms with Crippen molar-refractivity contribution in [2.75, 3.05) is 19.6 Å². The normalized spacial score (nSPS) is 26.7. The Morgan fingerprint density at radius 3 is 2.66 bits per heavy atom. The van der Waals surface area contributed by atoms with Crippen LogP contribution in [0.3, 0.4) is 0 Å². The highest BCUT2D eigenvalue weighted by Crippen LogP contribution is 2.40. The number of carbonyl (C=O) groups is 3. The number of carbonyl (C=O) groups excluding carboxylic acids is 2. The maximum absolute atomic E-state index is 13.0. The smallest absolute Gasteiger partial charge is 0.311 e. The van der Waals surface area contributed by atoms with E-state index in [-0.39, 0.29) is 36.6 Å². The summed E-state index contributed by atoms with van der Waals surface area (Å²) in [7, 11) is 0. The molecule has 0 saturated carbocycles. The molecule has 2 atom stereocenters. The summed E-state index contributed by atoms with van der Waals surface area (Å²) < 4.78 is 0. The first kappa shape index (κ1) is 21.5. The highest BCUT2D eigenvalue weighted by Gasteiger charge is 2.50. The van der Waals surface area contributed by atoms with Crippen LogP contribution in [-0.4, -0.2) is 53.3 Å². The van der Waals surface area contributed by atoms with E-state index in [1.807, 2.05) is 30.3 Å². The first-order chi connectivity index (χ1) is 13.5. The predicted molar refractivity (Wildman–Crippen MR) is 112 cm³/mol. The van der Waals surface area contributed by atoms with E-state index in [0.29, 0.717) is 44.3 Å². The molecular formula is C22H27ClN2O4. The number of likely N-dealkylation sites (tertiary alicyclic amines) is 1. The van der Waals surface area contributed by atoms with Gasteiger partial charge in [-0.25, -0.2) is 0 Å². The molecule has 1 aromatic rings. The van der Waals surface area contributed by atoms with Crippen molar-refractivity contribution in [1.29, 1.82) is 0 Å².